The summed E-state index contributed by atoms with van der Waals surface area (Å²) in [5.41, 5.74) is 0.473. The fourth-order valence-corrected chi connectivity index (χ4v) is 3.73. The molecule has 1 amide bonds. The number of hydrogen-bond donors (Lipinski definition) is 1. The van der Waals surface area contributed by atoms with Crippen molar-refractivity contribution < 1.29 is 22.7 Å². The quantitative estimate of drug-likeness (QED) is 0.877. The number of carbonyl (C=O) groups excluding carboxylic acids is 1. The normalized spacial score (nSPS) is 18.1. The Morgan fingerprint density at radius 2 is 2.14 bits per heavy atom. The molecule has 8 heteroatoms. The van der Waals surface area contributed by atoms with Gasteiger partial charge in [0.1, 0.15) is 5.25 Å². The molecule has 1 aliphatic carbocycles. The van der Waals surface area contributed by atoms with Crippen molar-refractivity contribution in [3.8, 4) is 11.5 Å². The largest absolute Gasteiger partial charge is 0.454 e. The molecule has 1 N–H and O–H groups in total. The number of halogens is 1. The van der Waals surface area contributed by atoms with E-state index in [0.29, 0.717) is 22.1 Å². The standard InChI is InChI=1S/C14H16ClNO5S/c1-8(14(17)16-10-2-3-10)22(18,19)6-9-4-11(15)13-12(5-9)20-7-21-13/h4-5,8,10H,2-3,6-7H2,1H3,(H,16,17)/t8-/m0/s1. The third-order valence-corrected chi connectivity index (χ3v) is 5.99. The third-order valence-electron chi connectivity index (χ3n) is 3.69. The van der Waals surface area contributed by atoms with Crippen molar-refractivity contribution in [3.05, 3.63) is 22.7 Å². The van der Waals surface area contributed by atoms with Crippen LogP contribution >= 0.6 is 11.6 Å². The Morgan fingerprint density at radius 1 is 1.41 bits per heavy atom. The van der Waals surface area contributed by atoms with E-state index in [2.05, 4.69) is 5.32 Å². The van der Waals surface area contributed by atoms with Gasteiger partial charge in [0.15, 0.2) is 21.3 Å². The second-order valence-electron chi connectivity index (χ2n) is 5.54. The van der Waals surface area contributed by atoms with Gasteiger partial charge in [0.25, 0.3) is 0 Å². The summed E-state index contributed by atoms with van der Waals surface area (Å²) in [7, 11) is -3.63. The maximum absolute atomic E-state index is 12.4. The number of ether oxygens (including phenoxy) is 2. The van der Waals surface area contributed by atoms with E-state index in [-0.39, 0.29) is 18.6 Å². The van der Waals surface area contributed by atoms with Crippen LogP contribution in [0.15, 0.2) is 12.1 Å². The molecule has 1 fully saturated rings. The lowest BCUT2D eigenvalue weighted by molar-refractivity contribution is -0.120. The van der Waals surface area contributed by atoms with Crippen molar-refractivity contribution in [2.45, 2.75) is 36.8 Å². The van der Waals surface area contributed by atoms with Crippen molar-refractivity contribution in [3.63, 3.8) is 0 Å². The van der Waals surface area contributed by atoms with Gasteiger partial charge in [-0.3, -0.25) is 4.79 Å². The second kappa shape index (κ2) is 5.62. The zero-order valence-electron chi connectivity index (χ0n) is 12.0. The average molecular weight is 346 g/mol. The average Bonchev–Trinajstić information content (AvgIpc) is 3.11. The highest BCUT2D eigenvalue weighted by Gasteiger charge is 2.33. The molecule has 3 rings (SSSR count). The molecular weight excluding hydrogens is 330 g/mol. The van der Waals surface area contributed by atoms with Crippen molar-refractivity contribution in [2.75, 3.05) is 6.79 Å². The predicted molar refractivity (Wildman–Crippen MR) is 80.8 cm³/mol. The molecule has 0 bridgehead atoms. The lowest BCUT2D eigenvalue weighted by Crippen LogP contribution is -2.39. The Labute approximate surface area is 133 Å². The molecule has 0 aromatic heterocycles. The molecule has 1 heterocycles. The summed E-state index contributed by atoms with van der Waals surface area (Å²) in [5, 5.41) is 1.91. The molecular formula is C14H16ClNO5S. The highest BCUT2D eigenvalue weighted by Crippen LogP contribution is 2.40. The summed E-state index contributed by atoms with van der Waals surface area (Å²) in [6.07, 6.45) is 1.83. The van der Waals surface area contributed by atoms with E-state index in [1.54, 1.807) is 6.07 Å². The van der Waals surface area contributed by atoms with Gasteiger partial charge in [-0.1, -0.05) is 11.6 Å². The lowest BCUT2D eigenvalue weighted by Gasteiger charge is -2.13. The van der Waals surface area contributed by atoms with Gasteiger partial charge in [-0.25, -0.2) is 8.42 Å². The SMILES string of the molecule is C[C@@H](C(=O)NC1CC1)S(=O)(=O)Cc1cc(Cl)c2c(c1)OCO2. The Bertz CT molecular complexity index is 714. The summed E-state index contributed by atoms with van der Waals surface area (Å²) in [6, 6.07) is 3.24. The molecule has 0 spiro atoms. The number of amides is 1. The molecule has 0 radical (unpaired) electrons. The van der Waals surface area contributed by atoms with Gasteiger partial charge in [-0.05, 0) is 37.5 Å². The first kappa shape index (κ1) is 15.4. The maximum Gasteiger partial charge on any atom is 0.238 e. The number of fused-ring (bicyclic) bond motifs is 1. The number of benzene rings is 1. The molecule has 6 nitrogen and oxygen atoms in total. The van der Waals surface area contributed by atoms with Crippen LogP contribution in [0.2, 0.25) is 5.02 Å². The van der Waals surface area contributed by atoms with Gasteiger partial charge in [-0.2, -0.15) is 0 Å². The Balaban J connectivity index is 1.76. The van der Waals surface area contributed by atoms with Crippen LogP contribution in [0.1, 0.15) is 25.3 Å². The molecule has 0 saturated heterocycles. The van der Waals surface area contributed by atoms with Gasteiger partial charge >= 0.3 is 0 Å². The first-order valence-corrected chi connectivity index (χ1v) is 9.06. The third kappa shape index (κ3) is 3.15. The Morgan fingerprint density at radius 3 is 2.82 bits per heavy atom. The minimum Gasteiger partial charge on any atom is -0.454 e. The van der Waals surface area contributed by atoms with Crippen LogP contribution in [0.3, 0.4) is 0 Å². The van der Waals surface area contributed by atoms with Crippen LogP contribution in [0.5, 0.6) is 11.5 Å². The van der Waals surface area contributed by atoms with E-state index in [1.165, 1.54) is 13.0 Å². The molecule has 22 heavy (non-hydrogen) atoms. The van der Waals surface area contributed by atoms with E-state index in [1.807, 2.05) is 0 Å². The zero-order valence-corrected chi connectivity index (χ0v) is 13.5. The predicted octanol–water partition coefficient (Wildman–Crippen LogP) is 1.65. The van der Waals surface area contributed by atoms with Gasteiger partial charge in [0.05, 0.1) is 10.8 Å². The van der Waals surface area contributed by atoms with Crippen molar-refractivity contribution >= 4 is 27.3 Å². The Kier molecular flexibility index (Phi) is 3.94. The van der Waals surface area contributed by atoms with Gasteiger partial charge in [0, 0.05) is 6.04 Å². The van der Waals surface area contributed by atoms with E-state index in [4.69, 9.17) is 21.1 Å². The number of rotatable bonds is 5. The first-order valence-electron chi connectivity index (χ1n) is 6.97. The lowest BCUT2D eigenvalue weighted by atomic mass is 10.2. The highest BCUT2D eigenvalue weighted by atomic mass is 35.5. The molecule has 1 aromatic carbocycles. The molecule has 1 aromatic rings. The topological polar surface area (TPSA) is 81.7 Å². The van der Waals surface area contributed by atoms with Gasteiger partial charge < -0.3 is 14.8 Å². The van der Waals surface area contributed by atoms with Gasteiger partial charge in [0.2, 0.25) is 12.7 Å². The molecule has 120 valence electrons. The van der Waals surface area contributed by atoms with E-state index in [9.17, 15) is 13.2 Å². The van der Waals surface area contributed by atoms with Crippen molar-refractivity contribution in [1.29, 1.82) is 0 Å². The monoisotopic (exact) mass is 345 g/mol. The van der Waals surface area contributed by atoms with Gasteiger partial charge in [-0.15, -0.1) is 0 Å². The smallest absolute Gasteiger partial charge is 0.238 e. The van der Waals surface area contributed by atoms with E-state index >= 15 is 0 Å². The van der Waals surface area contributed by atoms with Crippen LogP contribution in [0, 0.1) is 0 Å². The fraction of sp³-hybridized carbons (Fsp3) is 0.500. The van der Waals surface area contributed by atoms with Crippen LogP contribution in [-0.4, -0.2) is 32.4 Å². The van der Waals surface area contributed by atoms with Crippen LogP contribution < -0.4 is 14.8 Å². The van der Waals surface area contributed by atoms with Crippen LogP contribution in [0.4, 0.5) is 0 Å². The minimum atomic E-state index is -3.63. The minimum absolute atomic E-state index is 0.0610. The molecule has 0 unspecified atom stereocenters. The molecule has 1 atom stereocenters. The van der Waals surface area contributed by atoms with Crippen LogP contribution in [-0.2, 0) is 20.4 Å². The zero-order chi connectivity index (χ0) is 15.9. The number of nitrogens with one attached hydrogen (secondary N) is 1. The summed E-state index contributed by atoms with van der Waals surface area (Å²) in [6.45, 7) is 1.47. The number of carbonyl (C=O) groups is 1. The van der Waals surface area contributed by atoms with Crippen molar-refractivity contribution in [2.24, 2.45) is 0 Å². The summed E-state index contributed by atoms with van der Waals surface area (Å²) in [4.78, 5) is 11.9. The molecule has 2 aliphatic rings. The molecule has 1 saturated carbocycles. The fourth-order valence-electron chi connectivity index (χ4n) is 2.17. The van der Waals surface area contributed by atoms with Crippen molar-refractivity contribution in [1.82, 2.24) is 5.32 Å². The van der Waals surface area contributed by atoms with E-state index < -0.39 is 21.0 Å². The highest BCUT2D eigenvalue weighted by molar-refractivity contribution is 7.92. The first-order chi connectivity index (χ1) is 10.4. The summed E-state index contributed by atoms with van der Waals surface area (Å²) in [5.74, 6) is 0.118. The Hall–Kier alpha value is -1.47. The number of hydrogen-bond acceptors (Lipinski definition) is 5. The second-order valence-corrected chi connectivity index (χ2v) is 8.27. The van der Waals surface area contributed by atoms with Crippen LogP contribution in [0.25, 0.3) is 0 Å². The maximum atomic E-state index is 12.4. The summed E-state index contributed by atoms with van der Waals surface area (Å²) >= 11 is 6.04. The number of sulfone groups is 1. The van der Waals surface area contributed by atoms with E-state index in [0.717, 1.165) is 12.8 Å². The summed E-state index contributed by atoms with van der Waals surface area (Å²) < 4.78 is 35.2. The molecule has 1 aliphatic heterocycles.